The van der Waals surface area contributed by atoms with Crippen molar-refractivity contribution in [2.75, 3.05) is 0 Å². The molecule has 2 nitrogen and oxygen atoms in total. The number of hydrogen-bond donors (Lipinski definition) is 0. The zero-order chi connectivity index (χ0) is 7.14. The van der Waals surface area contributed by atoms with Crippen LogP contribution >= 0.6 is 11.8 Å². The van der Waals surface area contributed by atoms with E-state index in [4.69, 9.17) is 0 Å². The van der Waals surface area contributed by atoms with E-state index in [2.05, 4.69) is 0 Å². The highest BCUT2D eigenvalue weighted by Gasteiger charge is 2.41. The summed E-state index contributed by atoms with van der Waals surface area (Å²) in [5.74, 6) is 0.318. The minimum atomic E-state index is -0.0208. The van der Waals surface area contributed by atoms with Crippen molar-refractivity contribution in [1.29, 1.82) is 0 Å². The van der Waals surface area contributed by atoms with Crippen molar-refractivity contribution < 1.29 is 9.59 Å². The monoisotopic (exact) mass is 154 g/mol. The maximum Gasteiger partial charge on any atom is 0.163 e. The lowest BCUT2D eigenvalue weighted by atomic mass is 10.1. The molecule has 0 aromatic carbocycles. The standard InChI is InChI=1S/C7H6O2S/c8-4-1-2-5-7(9)6(3-4)10-5/h1-2,5-6H,3H2. The molecule has 2 unspecified atom stereocenters. The molecule has 52 valence electrons. The van der Waals surface area contributed by atoms with Crippen LogP contribution in [0.25, 0.3) is 0 Å². The van der Waals surface area contributed by atoms with Crippen molar-refractivity contribution in [3.8, 4) is 0 Å². The smallest absolute Gasteiger partial charge is 0.163 e. The molecule has 1 aliphatic carbocycles. The van der Waals surface area contributed by atoms with Crippen LogP contribution in [0, 0.1) is 0 Å². The molecular weight excluding hydrogens is 148 g/mol. The molecule has 1 saturated heterocycles. The molecule has 0 saturated carbocycles. The van der Waals surface area contributed by atoms with Crippen LogP contribution in [0.2, 0.25) is 0 Å². The predicted molar refractivity (Wildman–Crippen MR) is 38.9 cm³/mol. The number of rotatable bonds is 0. The van der Waals surface area contributed by atoms with E-state index >= 15 is 0 Å². The third kappa shape index (κ3) is 0.736. The van der Waals surface area contributed by atoms with Crippen molar-refractivity contribution in [3.05, 3.63) is 12.2 Å². The Morgan fingerprint density at radius 3 is 3.00 bits per heavy atom. The van der Waals surface area contributed by atoms with Gasteiger partial charge in [-0.25, -0.2) is 0 Å². The normalized spacial score (nSPS) is 37.2. The first-order valence-corrected chi connectivity index (χ1v) is 4.12. The lowest BCUT2D eigenvalue weighted by Gasteiger charge is -2.27. The highest BCUT2D eigenvalue weighted by atomic mass is 32.2. The van der Waals surface area contributed by atoms with E-state index < -0.39 is 0 Å². The van der Waals surface area contributed by atoms with E-state index in [9.17, 15) is 9.59 Å². The van der Waals surface area contributed by atoms with E-state index in [1.54, 1.807) is 17.8 Å². The van der Waals surface area contributed by atoms with Gasteiger partial charge in [-0.15, -0.1) is 11.8 Å². The first-order chi connectivity index (χ1) is 4.77. The van der Waals surface area contributed by atoms with Crippen molar-refractivity contribution in [3.63, 3.8) is 0 Å². The van der Waals surface area contributed by atoms with Gasteiger partial charge in [0, 0.05) is 6.42 Å². The SMILES string of the molecule is O=C1C=CC2SC(C1)C2=O. The second-order valence-corrected chi connectivity index (χ2v) is 3.83. The summed E-state index contributed by atoms with van der Waals surface area (Å²) in [6.07, 6.45) is 3.65. The number of allylic oxidation sites excluding steroid dienone is 1. The third-order valence-electron chi connectivity index (χ3n) is 1.75. The lowest BCUT2D eigenvalue weighted by molar-refractivity contribution is -0.121. The van der Waals surface area contributed by atoms with Gasteiger partial charge in [0.1, 0.15) is 0 Å². The Morgan fingerprint density at radius 1 is 1.50 bits per heavy atom. The zero-order valence-corrected chi connectivity index (χ0v) is 6.06. The lowest BCUT2D eigenvalue weighted by Crippen LogP contribution is -2.38. The van der Waals surface area contributed by atoms with Gasteiger partial charge in [0.05, 0.1) is 10.5 Å². The summed E-state index contributed by atoms with van der Waals surface area (Å²) in [5, 5.41) is -0.0241. The number of Topliss-reactive ketones (excluding diaryl/α,β-unsaturated/α-hetero) is 1. The van der Waals surface area contributed by atoms with Gasteiger partial charge in [-0.05, 0) is 6.08 Å². The number of fused-ring (bicyclic) bond motifs is 2. The number of thioether (sulfide) groups is 1. The first kappa shape index (κ1) is 6.16. The topological polar surface area (TPSA) is 34.1 Å². The summed E-state index contributed by atoms with van der Waals surface area (Å²) >= 11 is 1.59. The van der Waals surface area contributed by atoms with Gasteiger partial charge in [-0.3, -0.25) is 9.59 Å². The predicted octanol–water partition coefficient (Wildman–Crippen LogP) is 0.568. The average Bonchev–Trinajstić information content (AvgIpc) is 2.17. The molecule has 10 heavy (non-hydrogen) atoms. The summed E-state index contributed by atoms with van der Waals surface area (Å²) < 4.78 is 0. The maximum atomic E-state index is 11.0. The number of ketones is 2. The minimum absolute atomic E-state index is 0.00329. The van der Waals surface area contributed by atoms with Crippen LogP contribution in [0.5, 0.6) is 0 Å². The molecule has 2 aliphatic heterocycles. The van der Waals surface area contributed by atoms with Gasteiger partial charge in [-0.2, -0.15) is 0 Å². The molecule has 0 radical (unpaired) electrons. The van der Waals surface area contributed by atoms with E-state index in [0.29, 0.717) is 6.42 Å². The van der Waals surface area contributed by atoms with Gasteiger partial charge < -0.3 is 0 Å². The first-order valence-electron chi connectivity index (χ1n) is 3.17. The fourth-order valence-corrected chi connectivity index (χ4v) is 2.29. The van der Waals surface area contributed by atoms with Gasteiger partial charge in [0.2, 0.25) is 0 Å². The van der Waals surface area contributed by atoms with Crippen LogP contribution in [-0.2, 0) is 9.59 Å². The number of carbonyl (C=O) groups is 2. The minimum Gasteiger partial charge on any atom is -0.297 e. The molecular formula is C7H6O2S. The highest BCUT2D eigenvalue weighted by Crippen LogP contribution is 2.38. The molecule has 0 N–H and O–H groups in total. The summed E-state index contributed by atoms with van der Waals surface area (Å²) in [4.78, 5) is 21.8. The van der Waals surface area contributed by atoms with Crippen LogP contribution in [-0.4, -0.2) is 22.1 Å². The van der Waals surface area contributed by atoms with Gasteiger partial charge in [0.15, 0.2) is 11.6 Å². The van der Waals surface area contributed by atoms with Crippen molar-refractivity contribution in [2.24, 2.45) is 0 Å². The van der Waals surface area contributed by atoms with E-state index in [-0.39, 0.29) is 22.1 Å². The molecule has 0 aromatic heterocycles. The van der Waals surface area contributed by atoms with Crippen LogP contribution in [0.1, 0.15) is 6.42 Å². The summed E-state index contributed by atoms with van der Waals surface area (Å²) in [5.41, 5.74) is 0. The van der Waals surface area contributed by atoms with Gasteiger partial charge in [0.25, 0.3) is 0 Å². The molecule has 2 bridgehead atoms. The van der Waals surface area contributed by atoms with E-state index in [1.165, 1.54) is 6.08 Å². The fraction of sp³-hybridized carbons (Fsp3) is 0.429. The Bertz CT molecular complexity index is 232. The Kier molecular flexibility index (Phi) is 1.20. The number of carbonyl (C=O) groups excluding carboxylic acids is 2. The van der Waals surface area contributed by atoms with Crippen LogP contribution in [0.3, 0.4) is 0 Å². The highest BCUT2D eigenvalue weighted by molar-refractivity contribution is 8.04. The quantitative estimate of drug-likeness (QED) is 0.511. The van der Waals surface area contributed by atoms with Crippen LogP contribution in [0.15, 0.2) is 12.2 Å². The molecule has 0 spiro atoms. The summed E-state index contributed by atoms with van der Waals surface area (Å²) in [6.45, 7) is 0. The van der Waals surface area contributed by atoms with E-state index in [0.717, 1.165) is 0 Å². The molecule has 1 fully saturated rings. The summed E-state index contributed by atoms with van der Waals surface area (Å²) in [7, 11) is 0. The second-order valence-electron chi connectivity index (χ2n) is 2.48. The van der Waals surface area contributed by atoms with Gasteiger partial charge >= 0.3 is 0 Å². The van der Waals surface area contributed by atoms with Crippen molar-refractivity contribution >= 4 is 23.3 Å². The molecule has 3 rings (SSSR count). The Morgan fingerprint density at radius 2 is 2.30 bits per heavy atom. The Labute approximate surface area is 62.7 Å². The van der Waals surface area contributed by atoms with Crippen LogP contribution in [0.4, 0.5) is 0 Å². The van der Waals surface area contributed by atoms with Crippen molar-refractivity contribution in [1.82, 2.24) is 0 Å². The molecule has 2 atom stereocenters. The van der Waals surface area contributed by atoms with Crippen LogP contribution < -0.4 is 0 Å². The molecule has 0 aromatic rings. The Balaban J connectivity index is 2.26. The second kappa shape index (κ2) is 1.95. The zero-order valence-electron chi connectivity index (χ0n) is 5.24. The fourth-order valence-electron chi connectivity index (χ4n) is 1.16. The maximum absolute atomic E-state index is 11.0. The summed E-state index contributed by atoms with van der Waals surface area (Å²) in [6, 6.07) is 0. The third-order valence-corrected chi connectivity index (χ3v) is 3.16. The van der Waals surface area contributed by atoms with Crippen molar-refractivity contribution in [2.45, 2.75) is 16.9 Å². The van der Waals surface area contributed by atoms with E-state index in [1.807, 2.05) is 0 Å². The molecule has 3 heteroatoms. The molecule has 2 heterocycles. The molecule has 3 aliphatic rings. The Hall–Kier alpha value is -0.570. The average molecular weight is 154 g/mol. The van der Waals surface area contributed by atoms with Gasteiger partial charge in [-0.1, -0.05) is 6.08 Å². The largest absolute Gasteiger partial charge is 0.297 e. The number of hydrogen-bond acceptors (Lipinski definition) is 3. The molecule has 0 amide bonds.